The first-order chi connectivity index (χ1) is 8.29. The van der Waals surface area contributed by atoms with Gasteiger partial charge in [-0.05, 0) is 12.8 Å². The van der Waals surface area contributed by atoms with Crippen LogP contribution in [0.15, 0.2) is 6.33 Å². The highest BCUT2D eigenvalue weighted by Crippen LogP contribution is 2.24. The zero-order valence-electron chi connectivity index (χ0n) is 10.7. The van der Waals surface area contributed by atoms with Crippen LogP contribution in [0.3, 0.4) is 0 Å². The van der Waals surface area contributed by atoms with Gasteiger partial charge in [0.15, 0.2) is 5.82 Å². The van der Waals surface area contributed by atoms with Gasteiger partial charge >= 0.3 is 0 Å². The summed E-state index contributed by atoms with van der Waals surface area (Å²) >= 11 is 0. The second-order valence-corrected chi connectivity index (χ2v) is 3.92. The summed E-state index contributed by atoms with van der Waals surface area (Å²) in [6.45, 7) is 5.77. The number of anilines is 2. The quantitative estimate of drug-likeness (QED) is 0.680. The van der Waals surface area contributed by atoms with Gasteiger partial charge < -0.3 is 15.8 Å². The molecule has 5 nitrogen and oxygen atoms in total. The third-order valence-corrected chi connectivity index (χ3v) is 2.41. The summed E-state index contributed by atoms with van der Waals surface area (Å²) in [5, 5.41) is 3.19. The van der Waals surface area contributed by atoms with Gasteiger partial charge in [-0.15, -0.1) is 0 Å². The van der Waals surface area contributed by atoms with Crippen LogP contribution in [0.1, 0.15) is 39.5 Å². The smallest absolute Gasteiger partial charge is 0.242 e. The molecule has 0 amide bonds. The second-order valence-electron chi connectivity index (χ2n) is 3.92. The van der Waals surface area contributed by atoms with E-state index in [1.165, 1.54) is 6.33 Å². The van der Waals surface area contributed by atoms with Crippen molar-refractivity contribution in [3.63, 3.8) is 0 Å². The van der Waals surface area contributed by atoms with Crippen molar-refractivity contribution < 1.29 is 4.74 Å². The summed E-state index contributed by atoms with van der Waals surface area (Å²) in [6.07, 6.45) is 5.80. The lowest BCUT2D eigenvalue weighted by Gasteiger charge is -2.11. The molecule has 0 aliphatic rings. The molecule has 0 unspecified atom stereocenters. The molecule has 5 heteroatoms. The van der Waals surface area contributed by atoms with Gasteiger partial charge in [0.05, 0.1) is 6.61 Å². The van der Waals surface area contributed by atoms with Gasteiger partial charge in [-0.25, -0.2) is 4.98 Å². The average Bonchev–Trinajstić information content (AvgIpc) is 2.34. The summed E-state index contributed by atoms with van der Waals surface area (Å²) in [5.74, 6) is 1.15. The normalized spacial score (nSPS) is 10.2. The van der Waals surface area contributed by atoms with Crippen molar-refractivity contribution in [2.24, 2.45) is 0 Å². The van der Waals surface area contributed by atoms with Gasteiger partial charge in [0, 0.05) is 6.54 Å². The third kappa shape index (κ3) is 4.46. The topological polar surface area (TPSA) is 73.1 Å². The van der Waals surface area contributed by atoms with Crippen LogP contribution < -0.4 is 15.8 Å². The monoisotopic (exact) mass is 238 g/mol. The molecule has 0 saturated carbocycles. The maximum atomic E-state index is 5.94. The number of hydrogen-bond acceptors (Lipinski definition) is 5. The molecule has 0 aliphatic heterocycles. The van der Waals surface area contributed by atoms with E-state index in [0.29, 0.717) is 24.0 Å². The molecule has 96 valence electrons. The zero-order valence-corrected chi connectivity index (χ0v) is 10.7. The molecule has 0 atom stereocenters. The Morgan fingerprint density at radius 1 is 1.24 bits per heavy atom. The van der Waals surface area contributed by atoms with Crippen molar-refractivity contribution in [1.29, 1.82) is 0 Å². The first-order valence-electron chi connectivity index (χ1n) is 6.26. The SMILES string of the molecule is CCCCNc1ncnc(OCCCC)c1N. The van der Waals surface area contributed by atoms with E-state index in [0.717, 1.165) is 32.2 Å². The van der Waals surface area contributed by atoms with Crippen molar-refractivity contribution in [2.75, 3.05) is 24.2 Å². The van der Waals surface area contributed by atoms with Crippen molar-refractivity contribution in [3.8, 4) is 5.88 Å². The van der Waals surface area contributed by atoms with E-state index in [1.54, 1.807) is 0 Å². The van der Waals surface area contributed by atoms with Crippen LogP contribution in [0.25, 0.3) is 0 Å². The largest absolute Gasteiger partial charge is 0.476 e. The predicted molar refractivity (Wildman–Crippen MR) is 70.2 cm³/mol. The summed E-state index contributed by atoms with van der Waals surface area (Å²) in [4.78, 5) is 8.15. The molecule has 1 rings (SSSR count). The molecule has 0 fully saturated rings. The first-order valence-corrected chi connectivity index (χ1v) is 6.26. The lowest BCUT2D eigenvalue weighted by atomic mass is 10.3. The predicted octanol–water partition coefficient (Wildman–Crippen LogP) is 2.45. The number of nitrogens with one attached hydrogen (secondary N) is 1. The van der Waals surface area contributed by atoms with Gasteiger partial charge in [-0.3, -0.25) is 0 Å². The summed E-state index contributed by atoms with van der Waals surface area (Å²) < 4.78 is 5.51. The third-order valence-electron chi connectivity index (χ3n) is 2.41. The molecule has 17 heavy (non-hydrogen) atoms. The van der Waals surface area contributed by atoms with E-state index in [1.807, 2.05) is 0 Å². The minimum Gasteiger partial charge on any atom is -0.476 e. The van der Waals surface area contributed by atoms with Crippen molar-refractivity contribution in [3.05, 3.63) is 6.33 Å². The van der Waals surface area contributed by atoms with E-state index >= 15 is 0 Å². The highest BCUT2D eigenvalue weighted by molar-refractivity contribution is 5.66. The number of unbranched alkanes of at least 4 members (excludes halogenated alkanes) is 2. The number of rotatable bonds is 8. The Bertz CT molecular complexity index is 302. The maximum absolute atomic E-state index is 5.94. The molecule has 0 aliphatic carbocycles. The lowest BCUT2D eigenvalue weighted by molar-refractivity contribution is 0.299. The van der Waals surface area contributed by atoms with Crippen LogP contribution in [0.5, 0.6) is 5.88 Å². The molecule has 0 spiro atoms. The standard InChI is InChI=1S/C12H22N4O/c1-3-5-7-14-11-10(13)12(16-9-15-11)17-8-6-4-2/h9H,3-8,13H2,1-2H3,(H,14,15,16). The summed E-state index contributed by atoms with van der Waals surface area (Å²) in [6, 6.07) is 0. The van der Waals surface area contributed by atoms with Gasteiger partial charge in [0.1, 0.15) is 12.0 Å². The molecule has 0 saturated heterocycles. The molecule has 1 heterocycles. The first kappa shape index (κ1) is 13.5. The number of hydrogen-bond donors (Lipinski definition) is 2. The van der Waals surface area contributed by atoms with Crippen LogP contribution >= 0.6 is 0 Å². The average molecular weight is 238 g/mol. The van der Waals surface area contributed by atoms with Crippen molar-refractivity contribution >= 4 is 11.5 Å². The highest BCUT2D eigenvalue weighted by Gasteiger charge is 2.08. The van der Waals surface area contributed by atoms with Gasteiger partial charge in [-0.1, -0.05) is 26.7 Å². The summed E-state index contributed by atoms with van der Waals surface area (Å²) in [5.41, 5.74) is 6.44. The number of nitrogens with two attached hydrogens (primary N) is 1. The molecule has 0 radical (unpaired) electrons. The van der Waals surface area contributed by atoms with Crippen LogP contribution in [0, 0.1) is 0 Å². The van der Waals surface area contributed by atoms with Crippen LogP contribution in [0.4, 0.5) is 11.5 Å². The number of aromatic nitrogens is 2. The van der Waals surface area contributed by atoms with Crippen molar-refractivity contribution in [2.45, 2.75) is 39.5 Å². The Morgan fingerprint density at radius 3 is 2.71 bits per heavy atom. The van der Waals surface area contributed by atoms with E-state index < -0.39 is 0 Å². The Kier molecular flexibility index (Phi) is 6.14. The van der Waals surface area contributed by atoms with E-state index in [9.17, 15) is 0 Å². The Labute approximate surface area is 103 Å². The van der Waals surface area contributed by atoms with Crippen LogP contribution in [0.2, 0.25) is 0 Å². The molecular weight excluding hydrogens is 216 g/mol. The maximum Gasteiger partial charge on any atom is 0.242 e. The Morgan fingerprint density at radius 2 is 2.00 bits per heavy atom. The number of nitrogens with zero attached hydrogens (tertiary/aromatic N) is 2. The Hall–Kier alpha value is -1.52. The summed E-state index contributed by atoms with van der Waals surface area (Å²) in [7, 11) is 0. The second kappa shape index (κ2) is 7.70. The highest BCUT2D eigenvalue weighted by atomic mass is 16.5. The molecule has 1 aromatic heterocycles. The molecule has 3 N–H and O–H groups in total. The van der Waals surface area contributed by atoms with Gasteiger partial charge in [0.2, 0.25) is 5.88 Å². The van der Waals surface area contributed by atoms with Crippen LogP contribution in [-0.4, -0.2) is 23.1 Å². The Balaban J connectivity index is 2.56. The van der Waals surface area contributed by atoms with E-state index in [2.05, 4.69) is 29.1 Å². The van der Waals surface area contributed by atoms with E-state index in [-0.39, 0.29) is 0 Å². The molecular formula is C12H22N4O. The van der Waals surface area contributed by atoms with Crippen LogP contribution in [-0.2, 0) is 0 Å². The minimum atomic E-state index is 0.479. The molecule has 1 aromatic rings. The van der Waals surface area contributed by atoms with E-state index in [4.69, 9.17) is 10.5 Å². The molecule has 0 aromatic carbocycles. The fraction of sp³-hybridized carbons (Fsp3) is 0.667. The number of ether oxygens (including phenoxy) is 1. The fourth-order valence-corrected chi connectivity index (χ4v) is 1.33. The minimum absolute atomic E-state index is 0.479. The number of nitrogen functional groups attached to an aromatic ring is 1. The fourth-order valence-electron chi connectivity index (χ4n) is 1.33. The van der Waals surface area contributed by atoms with Gasteiger partial charge in [-0.2, -0.15) is 4.98 Å². The van der Waals surface area contributed by atoms with Gasteiger partial charge in [0.25, 0.3) is 0 Å². The zero-order chi connectivity index (χ0) is 12.5. The van der Waals surface area contributed by atoms with Crippen molar-refractivity contribution in [1.82, 2.24) is 9.97 Å². The molecule has 0 bridgehead atoms. The lowest BCUT2D eigenvalue weighted by Crippen LogP contribution is -2.09.